The van der Waals surface area contributed by atoms with E-state index in [2.05, 4.69) is 11.5 Å². The summed E-state index contributed by atoms with van der Waals surface area (Å²) in [6, 6.07) is 7.84. The molecule has 0 radical (unpaired) electrons. The molecule has 0 atom stereocenters. The van der Waals surface area contributed by atoms with E-state index < -0.39 is 0 Å². The number of hydrazine groups is 1. The number of rotatable bonds is 2. The van der Waals surface area contributed by atoms with Crippen LogP contribution in [0.3, 0.4) is 0 Å². The first-order chi connectivity index (χ1) is 5.77. The molecule has 12 heavy (non-hydrogen) atoms. The maximum absolute atomic E-state index is 8.71. The van der Waals surface area contributed by atoms with Crippen LogP contribution in [0.2, 0.25) is 0 Å². The van der Waals surface area contributed by atoms with E-state index in [0.717, 1.165) is 11.1 Å². The Labute approximate surface area is 71.8 Å². The number of hydrogen-bond acceptors (Lipinski definition) is 3. The van der Waals surface area contributed by atoms with Crippen LogP contribution in [0.15, 0.2) is 18.2 Å². The number of hydrogen-bond donors (Lipinski definition) is 2. The molecule has 0 spiro atoms. The van der Waals surface area contributed by atoms with Crippen LogP contribution in [0.1, 0.15) is 16.7 Å². The van der Waals surface area contributed by atoms with Crippen LogP contribution in [0.25, 0.3) is 0 Å². The summed E-state index contributed by atoms with van der Waals surface area (Å²) in [5, 5.41) is 8.71. The molecule has 1 aromatic carbocycles. The minimum absolute atomic E-state index is 0.592. The second-order valence-electron chi connectivity index (χ2n) is 2.64. The van der Waals surface area contributed by atoms with Gasteiger partial charge in [-0.05, 0) is 24.1 Å². The van der Waals surface area contributed by atoms with Gasteiger partial charge >= 0.3 is 0 Å². The Hall–Kier alpha value is -1.37. The number of nitrogens with two attached hydrogens (primary N) is 1. The molecule has 1 aromatic rings. The average Bonchev–Trinajstić information content (AvgIpc) is 2.09. The summed E-state index contributed by atoms with van der Waals surface area (Å²) >= 11 is 0. The zero-order valence-electron chi connectivity index (χ0n) is 6.96. The van der Waals surface area contributed by atoms with Crippen molar-refractivity contribution >= 4 is 0 Å². The van der Waals surface area contributed by atoms with Gasteiger partial charge in [0.25, 0.3) is 0 Å². The molecule has 3 heteroatoms. The molecule has 0 heterocycles. The highest BCUT2D eigenvalue weighted by molar-refractivity contribution is 5.39. The maximum Gasteiger partial charge on any atom is 0.0994 e. The van der Waals surface area contributed by atoms with Gasteiger partial charge in [-0.25, -0.2) is 0 Å². The van der Waals surface area contributed by atoms with E-state index in [1.807, 2.05) is 25.1 Å². The fraction of sp³-hybridized carbons (Fsp3) is 0.222. The third kappa shape index (κ3) is 1.82. The van der Waals surface area contributed by atoms with Gasteiger partial charge in [-0.2, -0.15) is 5.26 Å². The summed E-state index contributed by atoms with van der Waals surface area (Å²) in [6.07, 6.45) is 0. The molecule has 3 nitrogen and oxygen atoms in total. The Balaban J connectivity index is 2.99. The molecular formula is C9H11N3. The van der Waals surface area contributed by atoms with Gasteiger partial charge in [0.2, 0.25) is 0 Å². The molecule has 3 N–H and O–H groups in total. The van der Waals surface area contributed by atoms with Crippen molar-refractivity contribution in [3.05, 3.63) is 34.9 Å². The van der Waals surface area contributed by atoms with Gasteiger partial charge in [0.15, 0.2) is 0 Å². The topological polar surface area (TPSA) is 61.8 Å². The van der Waals surface area contributed by atoms with Crippen molar-refractivity contribution in [1.82, 2.24) is 5.43 Å². The Kier molecular flexibility index (Phi) is 2.81. The summed E-state index contributed by atoms with van der Waals surface area (Å²) < 4.78 is 0. The van der Waals surface area contributed by atoms with Gasteiger partial charge in [-0.3, -0.25) is 11.3 Å². The highest BCUT2D eigenvalue weighted by Gasteiger charge is 1.97. The predicted octanol–water partition coefficient (Wildman–Crippen LogP) is 0.830. The van der Waals surface area contributed by atoms with Crippen LogP contribution in [0.4, 0.5) is 0 Å². The summed E-state index contributed by atoms with van der Waals surface area (Å²) in [7, 11) is 0. The molecule has 0 saturated heterocycles. The van der Waals surface area contributed by atoms with Crippen LogP contribution in [0, 0.1) is 18.3 Å². The van der Waals surface area contributed by atoms with Gasteiger partial charge < -0.3 is 0 Å². The SMILES string of the molecule is Cc1ccc(CNN)cc1C#N. The highest BCUT2D eigenvalue weighted by Crippen LogP contribution is 2.09. The van der Waals surface area contributed by atoms with E-state index in [1.165, 1.54) is 0 Å². The molecular weight excluding hydrogens is 150 g/mol. The van der Waals surface area contributed by atoms with Crippen LogP contribution >= 0.6 is 0 Å². The summed E-state index contributed by atoms with van der Waals surface area (Å²) in [5.74, 6) is 5.16. The lowest BCUT2D eigenvalue weighted by Crippen LogP contribution is -2.20. The van der Waals surface area contributed by atoms with Gasteiger partial charge in [0, 0.05) is 6.54 Å². The highest BCUT2D eigenvalue weighted by atomic mass is 15.2. The largest absolute Gasteiger partial charge is 0.271 e. The van der Waals surface area contributed by atoms with E-state index >= 15 is 0 Å². The number of aryl methyl sites for hydroxylation is 1. The molecule has 0 fully saturated rings. The minimum Gasteiger partial charge on any atom is -0.271 e. The Morgan fingerprint density at radius 1 is 1.58 bits per heavy atom. The number of benzene rings is 1. The van der Waals surface area contributed by atoms with E-state index in [0.29, 0.717) is 12.1 Å². The molecule has 0 bridgehead atoms. The van der Waals surface area contributed by atoms with Crippen LogP contribution in [0.5, 0.6) is 0 Å². The standard InChI is InChI=1S/C9H11N3/c1-7-2-3-8(6-12-11)4-9(7)5-10/h2-4,12H,6,11H2,1H3. The van der Waals surface area contributed by atoms with Gasteiger partial charge in [-0.1, -0.05) is 12.1 Å². The lowest BCUT2D eigenvalue weighted by Gasteiger charge is -2.01. The number of nitriles is 1. The van der Waals surface area contributed by atoms with E-state index in [-0.39, 0.29) is 0 Å². The smallest absolute Gasteiger partial charge is 0.0994 e. The lowest BCUT2D eigenvalue weighted by molar-refractivity contribution is 0.741. The molecule has 0 unspecified atom stereocenters. The summed E-state index contributed by atoms with van der Waals surface area (Å²) in [5.41, 5.74) is 5.28. The summed E-state index contributed by atoms with van der Waals surface area (Å²) in [6.45, 7) is 2.51. The average molecular weight is 161 g/mol. The first-order valence-corrected chi connectivity index (χ1v) is 3.71. The Morgan fingerprint density at radius 2 is 2.33 bits per heavy atom. The van der Waals surface area contributed by atoms with Crippen LogP contribution in [-0.4, -0.2) is 0 Å². The predicted molar refractivity (Wildman–Crippen MR) is 46.9 cm³/mol. The van der Waals surface area contributed by atoms with E-state index in [9.17, 15) is 0 Å². The maximum atomic E-state index is 8.71. The molecule has 0 aromatic heterocycles. The van der Waals surface area contributed by atoms with Crippen molar-refractivity contribution < 1.29 is 0 Å². The molecule has 0 aliphatic rings. The molecule has 0 aliphatic heterocycles. The van der Waals surface area contributed by atoms with Crippen LogP contribution in [-0.2, 0) is 6.54 Å². The van der Waals surface area contributed by atoms with Crippen molar-refractivity contribution in [2.75, 3.05) is 0 Å². The third-order valence-corrected chi connectivity index (χ3v) is 1.73. The fourth-order valence-corrected chi connectivity index (χ4v) is 1.02. The Bertz CT molecular complexity index is 312. The lowest BCUT2D eigenvalue weighted by atomic mass is 10.1. The molecule has 1 rings (SSSR count). The fourth-order valence-electron chi connectivity index (χ4n) is 1.02. The van der Waals surface area contributed by atoms with Crippen molar-refractivity contribution in [3.63, 3.8) is 0 Å². The quantitative estimate of drug-likeness (QED) is 0.499. The normalized spacial score (nSPS) is 9.42. The van der Waals surface area contributed by atoms with Crippen molar-refractivity contribution in [1.29, 1.82) is 5.26 Å². The van der Waals surface area contributed by atoms with Crippen LogP contribution < -0.4 is 11.3 Å². The molecule has 0 saturated carbocycles. The third-order valence-electron chi connectivity index (χ3n) is 1.73. The first-order valence-electron chi connectivity index (χ1n) is 3.71. The second kappa shape index (κ2) is 3.86. The second-order valence-corrected chi connectivity index (χ2v) is 2.64. The number of nitrogens with zero attached hydrogens (tertiary/aromatic N) is 1. The van der Waals surface area contributed by atoms with E-state index in [4.69, 9.17) is 11.1 Å². The molecule has 0 aliphatic carbocycles. The minimum atomic E-state index is 0.592. The number of nitrogens with one attached hydrogen (secondary N) is 1. The molecule has 62 valence electrons. The first kappa shape index (κ1) is 8.72. The van der Waals surface area contributed by atoms with E-state index in [1.54, 1.807) is 0 Å². The van der Waals surface area contributed by atoms with Crippen molar-refractivity contribution in [3.8, 4) is 6.07 Å². The van der Waals surface area contributed by atoms with Gasteiger partial charge in [0.05, 0.1) is 11.6 Å². The van der Waals surface area contributed by atoms with Crippen molar-refractivity contribution in [2.24, 2.45) is 5.84 Å². The van der Waals surface area contributed by atoms with Crippen molar-refractivity contribution in [2.45, 2.75) is 13.5 Å². The molecule has 0 amide bonds. The van der Waals surface area contributed by atoms with Gasteiger partial charge in [0.1, 0.15) is 0 Å². The zero-order chi connectivity index (χ0) is 8.97. The Morgan fingerprint density at radius 3 is 2.92 bits per heavy atom. The van der Waals surface area contributed by atoms with Gasteiger partial charge in [-0.15, -0.1) is 0 Å². The zero-order valence-corrected chi connectivity index (χ0v) is 6.96. The monoisotopic (exact) mass is 161 g/mol. The summed E-state index contributed by atoms with van der Waals surface area (Å²) in [4.78, 5) is 0.